The quantitative estimate of drug-likeness (QED) is 0.868. The first-order chi connectivity index (χ1) is 9.54. The molecule has 1 fully saturated rings. The Balaban J connectivity index is 1.96. The van der Waals surface area contributed by atoms with Crippen LogP contribution >= 0.6 is 0 Å². The maximum absolute atomic E-state index is 13.9. The number of rotatable bonds is 5. The van der Waals surface area contributed by atoms with Crippen LogP contribution in [0.4, 0.5) is 4.39 Å². The molecule has 1 heterocycles. The molecule has 1 aliphatic rings. The molecule has 1 atom stereocenters. The monoisotopic (exact) mass is 283 g/mol. The third-order valence-corrected chi connectivity index (χ3v) is 3.83. The summed E-state index contributed by atoms with van der Waals surface area (Å²) < 4.78 is 24.2. The maximum atomic E-state index is 13.9. The molecule has 4 nitrogen and oxygen atoms in total. The smallest absolute Gasteiger partial charge is 0.131 e. The Morgan fingerprint density at radius 3 is 2.75 bits per heavy atom. The van der Waals surface area contributed by atoms with E-state index in [-0.39, 0.29) is 11.9 Å². The standard InChI is InChI=1S/C15H22FNO3/c1-11(13-4-3-12(19-2)9-14(13)16)17-10-15(18)5-7-20-8-6-15/h3-4,9,11,17-18H,5-8,10H2,1-2H3. The number of benzene rings is 1. The number of hydrogen-bond acceptors (Lipinski definition) is 4. The van der Waals surface area contributed by atoms with Crippen molar-refractivity contribution in [3.05, 3.63) is 29.6 Å². The van der Waals surface area contributed by atoms with E-state index in [4.69, 9.17) is 9.47 Å². The van der Waals surface area contributed by atoms with E-state index in [2.05, 4.69) is 5.32 Å². The number of hydrogen-bond donors (Lipinski definition) is 2. The third kappa shape index (κ3) is 3.69. The predicted molar refractivity (Wildman–Crippen MR) is 74.4 cm³/mol. The van der Waals surface area contributed by atoms with Gasteiger partial charge in [0.15, 0.2) is 0 Å². The lowest BCUT2D eigenvalue weighted by Crippen LogP contribution is -2.45. The average Bonchev–Trinajstić information content (AvgIpc) is 2.45. The van der Waals surface area contributed by atoms with Crippen molar-refractivity contribution in [1.29, 1.82) is 0 Å². The summed E-state index contributed by atoms with van der Waals surface area (Å²) >= 11 is 0. The average molecular weight is 283 g/mol. The molecule has 0 aliphatic carbocycles. The van der Waals surface area contributed by atoms with Gasteiger partial charge < -0.3 is 19.9 Å². The molecule has 1 aliphatic heterocycles. The summed E-state index contributed by atoms with van der Waals surface area (Å²) in [5, 5.41) is 13.6. The SMILES string of the molecule is COc1ccc(C(C)NCC2(O)CCOCC2)c(F)c1. The van der Waals surface area contributed by atoms with E-state index < -0.39 is 5.60 Å². The van der Waals surface area contributed by atoms with Crippen molar-refractivity contribution in [3.8, 4) is 5.75 Å². The van der Waals surface area contributed by atoms with E-state index in [1.807, 2.05) is 6.92 Å². The van der Waals surface area contributed by atoms with Gasteiger partial charge in [-0.2, -0.15) is 0 Å². The maximum Gasteiger partial charge on any atom is 0.131 e. The fraction of sp³-hybridized carbons (Fsp3) is 0.600. The van der Waals surface area contributed by atoms with Gasteiger partial charge in [-0.05, 0) is 13.0 Å². The number of ether oxygens (including phenoxy) is 2. The Hall–Kier alpha value is -1.17. The van der Waals surface area contributed by atoms with Gasteiger partial charge in [0, 0.05) is 50.3 Å². The van der Waals surface area contributed by atoms with Crippen LogP contribution in [0.2, 0.25) is 0 Å². The Kier molecular flexibility index (Phi) is 4.96. The zero-order valence-electron chi connectivity index (χ0n) is 12.0. The lowest BCUT2D eigenvalue weighted by molar-refractivity contribution is -0.0626. The highest BCUT2D eigenvalue weighted by Crippen LogP contribution is 2.24. The van der Waals surface area contributed by atoms with Crippen molar-refractivity contribution < 1.29 is 19.0 Å². The molecule has 0 spiro atoms. The molecule has 2 rings (SSSR count). The molecule has 20 heavy (non-hydrogen) atoms. The first-order valence-electron chi connectivity index (χ1n) is 6.91. The van der Waals surface area contributed by atoms with Crippen molar-refractivity contribution in [2.45, 2.75) is 31.4 Å². The molecule has 0 saturated carbocycles. The fourth-order valence-electron chi connectivity index (χ4n) is 2.37. The second kappa shape index (κ2) is 6.52. The van der Waals surface area contributed by atoms with Gasteiger partial charge in [0.2, 0.25) is 0 Å². The normalized spacial score (nSPS) is 19.6. The van der Waals surface area contributed by atoms with Gasteiger partial charge in [0.05, 0.1) is 12.7 Å². The van der Waals surface area contributed by atoms with Crippen molar-refractivity contribution in [2.75, 3.05) is 26.9 Å². The molecule has 0 aromatic heterocycles. The van der Waals surface area contributed by atoms with Gasteiger partial charge in [0.25, 0.3) is 0 Å². The van der Waals surface area contributed by atoms with Gasteiger partial charge in [-0.25, -0.2) is 4.39 Å². The number of methoxy groups -OCH3 is 1. The minimum atomic E-state index is -0.755. The van der Waals surface area contributed by atoms with Crippen LogP contribution in [0.5, 0.6) is 5.75 Å². The molecule has 1 aromatic rings. The largest absolute Gasteiger partial charge is 0.497 e. The van der Waals surface area contributed by atoms with E-state index in [9.17, 15) is 9.50 Å². The van der Waals surface area contributed by atoms with Crippen molar-refractivity contribution >= 4 is 0 Å². The molecule has 0 amide bonds. The van der Waals surface area contributed by atoms with E-state index in [0.717, 1.165) is 0 Å². The highest BCUT2D eigenvalue weighted by atomic mass is 19.1. The topological polar surface area (TPSA) is 50.7 Å². The summed E-state index contributed by atoms with van der Waals surface area (Å²) in [6.45, 7) is 3.46. The molecule has 1 aromatic carbocycles. The molecular formula is C15H22FNO3. The fourth-order valence-corrected chi connectivity index (χ4v) is 2.37. The molecule has 0 bridgehead atoms. The molecule has 1 saturated heterocycles. The summed E-state index contributed by atoms with van der Waals surface area (Å²) in [5.74, 6) is 0.199. The Labute approximate surface area is 118 Å². The van der Waals surface area contributed by atoms with Crippen LogP contribution in [0.3, 0.4) is 0 Å². The van der Waals surface area contributed by atoms with Gasteiger partial charge in [0.1, 0.15) is 11.6 Å². The van der Waals surface area contributed by atoms with E-state index in [0.29, 0.717) is 43.9 Å². The van der Waals surface area contributed by atoms with Crippen molar-refractivity contribution in [3.63, 3.8) is 0 Å². The number of nitrogens with one attached hydrogen (secondary N) is 1. The Morgan fingerprint density at radius 1 is 1.45 bits per heavy atom. The van der Waals surface area contributed by atoms with Crippen LogP contribution in [0.25, 0.3) is 0 Å². The summed E-state index contributed by atoms with van der Waals surface area (Å²) in [5.41, 5.74) is -0.184. The lowest BCUT2D eigenvalue weighted by atomic mass is 9.94. The minimum absolute atomic E-state index is 0.173. The van der Waals surface area contributed by atoms with Crippen molar-refractivity contribution in [2.24, 2.45) is 0 Å². The minimum Gasteiger partial charge on any atom is -0.497 e. The highest BCUT2D eigenvalue weighted by molar-refractivity contribution is 5.30. The first-order valence-corrected chi connectivity index (χ1v) is 6.91. The number of halogens is 1. The second-order valence-electron chi connectivity index (χ2n) is 5.33. The van der Waals surface area contributed by atoms with Crippen LogP contribution in [0.1, 0.15) is 31.4 Å². The first kappa shape index (κ1) is 15.2. The molecular weight excluding hydrogens is 261 g/mol. The Morgan fingerprint density at radius 2 is 2.15 bits per heavy atom. The lowest BCUT2D eigenvalue weighted by Gasteiger charge is -2.33. The van der Waals surface area contributed by atoms with Gasteiger partial charge in [-0.15, -0.1) is 0 Å². The molecule has 112 valence electrons. The van der Waals surface area contributed by atoms with Gasteiger partial charge in [-0.3, -0.25) is 0 Å². The molecule has 1 unspecified atom stereocenters. The summed E-state index contributed by atoms with van der Waals surface area (Å²) in [7, 11) is 1.51. The zero-order chi connectivity index (χ0) is 14.6. The van der Waals surface area contributed by atoms with E-state index >= 15 is 0 Å². The molecule has 0 radical (unpaired) electrons. The van der Waals surface area contributed by atoms with Crippen molar-refractivity contribution in [1.82, 2.24) is 5.32 Å². The zero-order valence-corrected chi connectivity index (χ0v) is 12.0. The van der Waals surface area contributed by atoms with E-state index in [1.54, 1.807) is 12.1 Å². The Bertz CT molecular complexity index is 447. The predicted octanol–water partition coefficient (Wildman–Crippen LogP) is 2.03. The van der Waals surface area contributed by atoms with E-state index in [1.165, 1.54) is 13.2 Å². The van der Waals surface area contributed by atoms with Crippen LogP contribution in [0.15, 0.2) is 18.2 Å². The highest BCUT2D eigenvalue weighted by Gasteiger charge is 2.30. The number of aliphatic hydroxyl groups is 1. The van der Waals surface area contributed by atoms with Crippen LogP contribution in [-0.4, -0.2) is 37.6 Å². The third-order valence-electron chi connectivity index (χ3n) is 3.83. The molecule has 5 heteroatoms. The summed E-state index contributed by atoms with van der Waals surface area (Å²) in [6.07, 6.45) is 1.22. The van der Waals surface area contributed by atoms with Gasteiger partial charge >= 0.3 is 0 Å². The second-order valence-corrected chi connectivity index (χ2v) is 5.33. The summed E-state index contributed by atoms with van der Waals surface area (Å²) in [4.78, 5) is 0. The van der Waals surface area contributed by atoms with Crippen LogP contribution in [-0.2, 0) is 4.74 Å². The van der Waals surface area contributed by atoms with Crippen LogP contribution in [0, 0.1) is 5.82 Å². The van der Waals surface area contributed by atoms with Gasteiger partial charge in [-0.1, -0.05) is 6.07 Å². The molecule has 2 N–H and O–H groups in total. The summed E-state index contributed by atoms with van der Waals surface area (Å²) in [6, 6.07) is 4.64. The van der Waals surface area contributed by atoms with Crippen LogP contribution < -0.4 is 10.1 Å².